The van der Waals surface area contributed by atoms with E-state index in [1.807, 2.05) is 11.4 Å². The highest BCUT2D eigenvalue weighted by atomic mass is 32.1. The van der Waals surface area contributed by atoms with Crippen LogP contribution >= 0.6 is 11.3 Å². The summed E-state index contributed by atoms with van der Waals surface area (Å²) in [5.41, 5.74) is 2.02. The zero-order valence-corrected chi connectivity index (χ0v) is 13.4. The predicted molar refractivity (Wildman–Crippen MR) is 86.7 cm³/mol. The highest BCUT2D eigenvalue weighted by molar-refractivity contribution is 7.09. The summed E-state index contributed by atoms with van der Waals surface area (Å²) in [6, 6.07) is 4.51. The van der Waals surface area contributed by atoms with Crippen LogP contribution in [0, 0.1) is 11.7 Å². The minimum absolute atomic E-state index is 0.0108. The van der Waals surface area contributed by atoms with Crippen molar-refractivity contribution in [3.8, 4) is 0 Å². The minimum Gasteiger partial charge on any atom is -0.331 e. The Morgan fingerprint density at radius 1 is 1.35 bits per heavy atom. The van der Waals surface area contributed by atoms with Crippen LogP contribution < -0.4 is 10.6 Å². The van der Waals surface area contributed by atoms with Crippen LogP contribution in [0.2, 0.25) is 0 Å². The van der Waals surface area contributed by atoms with Gasteiger partial charge >= 0.3 is 6.03 Å². The second-order valence-electron chi connectivity index (χ2n) is 6.24. The van der Waals surface area contributed by atoms with Crippen molar-refractivity contribution in [2.45, 2.75) is 37.8 Å². The van der Waals surface area contributed by atoms with Gasteiger partial charge in [-0.25, -0.2) is 14.2 Å². The zero-order valence-electron chi connectivity index (χ0n) is 12.6. The second-order valence-corrected chi connectivity index (χ2v) is 7.16. The quantitative estimate of drug-likeness (QED) is 0.897. The molecule has 0 aliphatic heterocycles. The number of nitrogens with zero attached hydrogens (tertiary/aromatic N) is 1. The van der Waals surface area contributed by atoms with Crippen LogP contribution in [0.4, 0.5) is 9.18 Å². The van der Waals surface area contributed by atoms with E-state index in [9.17, 15) is 9.18 Å². The number of carbonyl (C=O) groups is 1. The number of benzene rings is 1. The number of aryl methyl sites for hydroxylation is 1. The molecule has 1 aromatic carbocycles. The molecule has 1 heterocycles. The summed E-state index contributed by atoms with van der Waals surface area (Å²) in [5.74, 6) is 0.233. The third-order valence-electron chi connectivity index (χ3n) is 4.59. The zero-order chi connectivity index (χ0) is 15.8. The van der Waals surface area contributed by atoms with Crippen molar-refractivity contribution in [2.75, 3.05) is 0 Å². The Morgan fingerprint density at radius 2 is 2.22 bits per heavy atom. The Balaban J connectivity index is 1.44. The molecule has 2 aliphatic carbocycles. The molecule has 2 aromatic rings. The fourth-order valence-corrected chi connectivity index (χ4v) is 4.04. The van der Waals surface area contributed by atoms with Gasteiger partial charge in [-0.2, -0.15) is 0 Å². The van der Waals surface area contributed by atoms with E-state index in [1.54, 1.807) is 17.5 Å². The monoisotopic (exact) mass is 331 g/mol. The Morgan fingerprint density at radius 3 is 2.96 bits per heavy atom. The van der Waals surface area contributed by atoms with E-state index >= 15 is 0 Å². The maximum atomic E-state index is 13.4. The smallest absolute Gasteiger partial charge is 0.315 e. The molecular formula is C17H18FN3OS. The summed E-state index contributed by atoms with van der Waals surface area (Å²) in [4.78, 5) is 16.7. The van der Waals surface area contributed by atoms with Crippen LogP contribution in [0.5, 0.6) is 0 Å². The van der Waals surface area contributed by atoms with Gasteiger partial charge in [0.1, 0.15) is 10.8 Å². The van der Waals surface area contributed by atoms with Gasteiger partial charge in [0.05, 0.1) is 12.1 Å². The average molecular weight is 331 g/mol. The second kappa shape index (κ2) is 5.92. The van der Waals surface area contributed by atoms with Gasteiger partial charge in [0.15, 0.2) is 0 Å². The molecule has 1 saturated carbocycles. The normalized spacial score (nSPS) is 20.8. The number of carbonyl (C=O) groups excluding carboxylic acids is 1. The van der Waals surface area contributed by atoms with Gasteiger partial charge in [-0.15, -0.1) is 11.3 Å². The number of halogens is 1. The molecule has 0 spiro atoms. The first-order valence-electron chi connectivity index (χ1n) is 7.95. The summed E-state index contributed by atoms with van der Waals surface area (Å²) in [7, 11) is 0. The molecule has 23 heavy (non-hydrogen) atoms. The molecule has 2 aliphatic rings. The van der Waals surface area contributed by atoms with Gasteiger partial charge in [-0.3, -0.25) is 0 Å². The van der Waals surface area contributed by atoms with Gasteiger partial charge in [-0.1, -0.05) is 6.07 Å². The van der Waals surface area contributed by atoms with E-state index in [2.05, 4.69) is 15.6 Å². The van der Waals surface area contributed by atoms with E-state index in [1.165, 1.54) is 12.1 Å². The molecule has 0 unspecified atom stereocenters. The van der Waals surface area contributed by atoms with Crippen molar-refractivity contribution in [1.82, 2.24) is 15.6 Å². The van der Waals surface area contributed by atoms with Gasteiger partial charge in [0.25, 0.3) is 0 Å². The summed E-state index contributed by atoms with van der Waals surface area (Å²) < 4.78 is 13.4. The number of aromatic nitrogens is 1. The Bertz CT molecular complexity index is 715. The number of hydrogen-bond donors (Lipinski definition) is 2. The van der Waals surface area contributed by atoms with Crippen LogP contribution in [-0.2, 0) is 6.42 Å². The van der Waals surface area contributed by atoms with E-state index in [4.69, 9.17) is 0 Å². The van der Waals surface area contributed by atoms with Gasteiger partial charge in [-0.05, 0) is 54.9 Å². The Hall–Kier alpha value is -1.95. The summed E-state index contributed by atoms with van der Waals surface area (Å²) in [5, 5.41) is 8.94. The molecule has 4 nitrogen and oxygen atoms in total. The average Bonchev–Trinajstić information content (AvgIpc) is 3.08. The van der Waals surface area contributed by atoms with Crippen LogP contribution in [0.3, 0.4) is 0 Å². The van der Waals surface area contributed by atoms with Gasteiger partial charge < -0.3 is 10.6 Å². The molecule has 1 aromatic heterocycles. The molecule has 2 atom stereocenters. The summed E-state index contributed by atoms with van der Waals surface area (Å²) in [6.45, 7) is 0. The fraction of sp³-hybridized carbons (Fsp3) is 0.412. The van der Waals surface area contributed by atoms with Crippen molar-refractivity contribution >= 4 is 17.4 Å². The first-order valence-corrected chi connectivity index (χ1v) is 8.83. The van der Waals surface area contributed by atoms with Crippen LogP contribution in [-0.4, -0.2) is 11.0 Å². The molecule has 1 fully saturated rings. The van der Waals surface area contributed by atoms with Crippen molar-refractivity contribution in [1.29, 1.82) is 0 Å². The molecule has 120 valence electrons. The summed E-state index contributed by atoms with van der Waals surface area (Å²) in [6.07, 6.45) is 5.71. The van der Waals surface area contributed by atoms with Crippen molar-refractivity contribution in [3.05, 3.63) is 51.7 Å². The molecule has 0 bridgehead atoms. The van der Waals surface area contributed by atoms with Crippen LogP contribution in [0.1, 0.15) is 47.5 Å². The third kappa shape index (κ3) is 3.08. The van der Waals surface area contributed by atoms with Crippen molar-refractivity contribution < 1.29 is 9.18 Å². The van der Waals surface area contributed by atoms with Crippen molar-refractivity contribution in [3.63, 3.8) is 0 Å². The highest BCUT2D eigenvalue weighted by Crippen LogP contribution is 2.41. The third-order valence-corrected chi connectivity index (χ3v) is 5.45. The largest absolute Gasteiger partial charge is 0.331 e. The van der Waals surface area contributed by atoms with Gasteiger partial charge in [0.2, 0.25) is 0 Å². The molecule has 0 saturated heterocycles. The maximum Gasteiger partial charge on any atom is 0.315 e. The molecule has 2 N–H and O–H groups in total. The van der Waals surface area contributed by atoms with E-state index in [0.29, 0.717) is 5.92 Å². The number of nitrogens with one attached hydrogen (secondary N) is 2. The Labute approximate surface area is 138 Å². The highest BCUT2D eigenvalue weighted by Gasteiger charge is 2.35. The summed E-state index contributed by atoms with van der Waals surface area (Å²) >= 11 is 1.57. The first-order chi connectivity index (χ1) is 11.2. The molecule has 2 amide bonds. The lowest BCUT2D eigenvalue weighted by Crippen LogP contribution is -2.40. The molecule has 4 rings (SSSR count). The lowest BCUT2D eigenvalue weighted by Gasteiger charge is -2.19. The number of amides is 2. The topological polar surface area (TPSA) is 54.0 Å². The SMILES string of the molecule is O=C(N[C@H](c1nccs1)C1CC1)N[C@@H]1CCc2ccc(F)cc21. The number of fused-ring (bicyclic) bond motifs is 1. The van der Waals surface area contributed by atoms with Gasteiger partial charge in [0, 0.05) is 11.6 Å². The lowest BCUT2D eigenvalue weighted by atomic mass is 10.1. The number of hydrogen-bond acceptors (Lipinski definition) is 3. The van der Waals surface area contributed by atoms with Crippen LogP contribution in [0.15, 0.2) is 29.8 Å². The van der Waals surface area contributed by atoms with Crippen LogP contribution in [0.25, 0.3) is 0 Å². The minimum atomic E-state index is -0.253. The number of rotatable bonds is 4. The van der Waals surface area contributed by atoms with E-state index in [0.717, 1.165) is 41.8 Å². The standard InChI is InChI=1S/C17H18FN3OS/c18-12-5-3-10-4-6-14(13(10)9-12)20-17(22)21-15(11-1-2-11)16-19-7-8-23-16/h3,5,7-9,11,14-15H,1-2,4,6H2,(H2,20,21,22)/t14-,15+/m1/s1. The van der Waals surface area contributed by atoms with E-state index < -0.39 is 0 Å². The predicted octanol–water partition coefficient (Wildman–Crippen LogP) is 3.72. The fourth-order valence-electron chi connectivity index (χ4n) is 3.26. The first kappa shape index (κ1) is 14.6. The Kier molecular flexibility index (Phi) is 3.77. The van der Waals surface area contributed by atoms with Crippen molar-refractivity contribution in [2.24, 2.45) is 5.92 Å². The van der Waals surface area contributed by atoms with E-state index in [-0.39, 0.29) is 23.9 Å². The number of urea groups is 1. The molecule has 0 radical (unpaired) electrons. The lowest BCUT2D eigenvalue weighted by molar-refractivity contribution is 0.231. The molecular weight excluding hydrogens is 313 g/mol. The number of thiazole rings is 1. The maximum absolute atomic E-state index is 13.4. The molecule has 6 heteroatoms.